The van der Waals surface area contributed by atoms with Crippen LogP contribution in [0.4, 0.5) is 16.3 Å². The number of benzene rings is 1. The Morgan fingerprint density at radius 3 is 2.90 bits per heavy atom. The van der Waals surface area contributed by atoms with Gasteiger partial charge in [-0.1, -0.05) is 22.0 Å². The lowest BCUT2D eigenvalue weighted by Gasteiger charge is -2.25. The Bertz CT molecular complexity index is 1050. The third-order valence-corrected chi connectivity index (χ3v) is 7.28. The van der Waals surface area contributed by atoms with Gasteiger partial charge in [0.15, 0.2) is 0 Å². The highest BCUT2D eigenvalue weighted by Gasteiger charge is 2.26. The number of carbonyl (C=O) groups excluding carboxylic acids is 1. The highest BCUT2D eigenvalue weighted by Crippen LogP contribution is 2.40. The number of hydrogen-bond donors (Lipinski definition) is 2. The average Bonchev–Trinajstić information content (AvgIpc) is 3.12. The van der Waals surface area contributed by atoms with Crippen LogP contribution in [-0.2, 0) is 12.8 Å². The van der Waals surface area contributed by atoms with Gasteiger partial charge in [-0.25, -0.2) is 14.8 Å². The monoisotopic (exact) mass is 487 g/mol. The van der Waals surface area contributed by atoms with Gasteiger partial charge < -0.3 is 15.5 Å². The number of aromatic nitrogens is 2. The van der Waals surface area contributed by atoms with Crippen molar-refractivity contribution in [3.05, 3.63) is 45.5 Å². The van der Waals surface area contributed by atoms with E-state index >= 15 is 0 Å². The van der Waals surface area contributed by atoms with Crippen molar-refractivity contribution < 1.29 is 4.79 Å². The summed E-state index contributed by atoms with van der Waals surface area (Å²) in [4.78, 5) is 25.6. The minimum absolute atomic E-state index is 0.0357. The molecule has 8 heteroatoms. The standard InChI is InChI=1S/C22H26BrN5OS/c1-3-28(4-2)22(29)24-12-14-8-9-17-18(10-14)30-21-19(17)20(25-13-26-21)27-16-7-5-6-15(23)11-16/h5-7,11,13-14H,3-4,8-10,12H2,1-2H3,(H,24,29)(H,25,26,27). The molecule has 6 nitrogen and oxygen atoms in total. The summed E-state index contributed by atoms with van der Waals surface area (Å²) in [5.74, 6) is 1.32. The number of hydrogen-bond acceptors (Lipinski definition) is 5. The fourth-order valence-electron chi connectivity index (χ4n) is 4.00. The molecule has 1 atom stereocenters. The first-order valence-corrected chi connectivity index (χ1v) is 12.0. The first-order valence-electron chi connectivity index (χ1n) is 10.4. The third-order valence-electron chi connectivity index (χ3n) is 5.63. The van der Waals surface area contributed by atoms with Gasteiger partial charge in [0.1, 0.15) is 17.0 Å². The lowest BCUT2D eigenvalue weighted by Crippen LogP contribution is -2.42. The maximum absolute atomic E-state index is 12.3. The molecule has 2 amide bonds. The van der Waals surface area contributed by atoms with E-state index in [-0.39, 0.29) is 6.03 Å². The normalized spacial score (nSPS) is 15.6. The molecule has 3 aromatic rings. The first kappa shape index (κ1) is 21.1. The summed E-state index contributed by atoms with van der Waals surface area (Å²) in [5, 5.41) is 7.72. The van der Waals surface area contributed by atoms with E-state index in [9.17, 15) is 4.79 Å². The van der Waals surface area contributed by atoms with Crippen molar-refractivity contribution in [3.8, 4) is 0 Å². The van der Waals surface area contributed by atoms with Crippen molar-refractivity contribution in [2.24, 2.45) is 5.92 Å². The molecule has 1 aliphatic carbocycles. The van der Waals surface area contributed by atoms with E-state index in [4.69, 9.17) is 0 Å². The number of carbonyl (C=O) groups is 1. The molecular weight excluding hydrogens is 462 g/mol. The molecule has 4 rings (SSSR count). The second-order valence-electron chi connectivity index (χ2n) is 7.51. The van der Waals surface area contributed by atoms with Gasteiger partial charge in [0, 0.05) is 34.7 Å². The van der Waals surface area contributed by atoms with Crippen molar-refractivity contribution in [2.45, 2.75) is 33.1 Å². The second kappa shape index (κ2) is 9.31. The maximum Gasteiger partial charge on any atom is 0.317 e. The van der Waals surface area contributed by atoms with E-state index in [0.29, 0.717) is 5.92 Å². The number of urea groups is 1. The summed E-state index contributed by atoms with van der Waals surface area (Å²) in [6.45, 7) is 6.21. The van der Waals surface area contributed by atoms with Gasteiger partial charge in [0.05, 0.1) is 5.39 Å². The molecule has 0 saturated heterocycles. The van der Waals surface area contributed by atoms with Crippen LogP contribution < -0.4 is 10.6 Å². The fraction of sp³-hybridized carbons (Fsp3) is 0.409. The lowest BCUT2D eigenvalue weighted by molar-refractivity contribution is 0.200. The van der Waals surface area contributed by atoms with Gasteiger partial charge in [-0.3, -0.25) is 0 Å². The van der Waals surface area contributed by atoms with E-state index in [1.807, 2.05) is 43.0 Å². The zero-order valence-corrected chi connectivity index (χ0v) is 19.6. The summed E-state index contributed by atoms with van der Waals surface area (Å²) in [5.41, 5.74) is 2.36. The van der Waals surface area contributed by atoms with Crippen molar-refractivity contribution in [2.75, 3.05) is 25.0 Å². The highest BCUT2D eigenvalue weighted by atomic mass is 79.9. The Kier molecular flexibility index (Phi) is 6.53. The van der Waals surface area contributed by atoms with E-state index in [0.717, 1.165) is 65.1 Å². The van der Waals surface area contributed by atoms with Gasteiger partial charge in [0.25, 0.3) is 0 Å². The van der Waals surface area contributed by atoms with Crippen molar-refractivity contribution >= 4 is 55.0 Å². The van der Waals surface area contributed by atoms with Crippen LogP contribution in [0, 0.1) is 5.92 Å². The van der Waals surface area contributed by atoms with Crippen LogP contribution in [0.25, 0.3) is 10.2 Å². The molecule has 0 fully saturated rings. The van der Waals surface area contributed by atoms with E-state index in [1.54, 1.807) is 17.7 Å². The van der Waals surface area contributed by atoms with E-state index in [2.05, 4.69) is 36.5 Å². The topological polar surface area (TPSA) is 70.2 Å². The Morgan fingerprint density at radius 2 is 2.13 bits per heavy atom. The van der Waals surface area contributed by atoms with E-state index < -0.39 is 0 Å². The minimum atomic E-state index is 0.0357. The number of rotatable bonds is 6. The third kappa shape index (κ3) is 4.44. The molecule has 2 heterocycles. The molecule has 1 aliphatic rings. The Hall–Kier alpha value is -2.19. The SMILES string of the molecule is CCN(CC)C(=O)NCC1CCc2c(sc3ncnc(Nc4cccc(Br)c4)c23)C1. The number of fused-ring (bicyclic) bond motifs is 3. The summed E-state index contributed by atoms with van der Waals surface area (Å²) >= 11 is 5.28. The van der Waals surface area contributed by atoms with Gasteiger partial charge in [-0.05, 0) is 62.8 Å². The number of aryl methyl sites for hydroxylation is 1. The number of amides is 2. The van der Waals surface area contributed by atoms with Crippen LogP contribution in [-0.4, -0.2) is 40.5 Å². The molecule has 0 radical (unpaired) electrons. The van der Waals surface area contributed by atoms with Crippen LogP contribution in [0.2, 0.25) is 0 Å². The van der Waals surface area contributed by atoms with Gasteiger partial charge in [0.2, 0.25) is 0 Å². The number of nitrogens with one attached hydrogen (secondary N) is 2. The average molecular weight is 488 g/mol. The minimum Gasteiger partial charge on any atom is -0.340 e. The zero-order valence-electron chi connectivity index (χ0n) is 17.2. The second-order valence-corrected chi connectivity index (χ2v) is 9.51. The molecule has 0 aliphatic heterocycles. The van der Waals surface area contributed by atoms with Crippen LogP contribution >= 0.6 is 27.3 Å². The Morgan fingerprint density at radius 1 is 1.30 bits per heavy atom. The summed E-state index contributed by atoms with van der Waals surface area (Å²) in [7, 11) is 0. The first-order chi connectivity index (χ1) is 14.6. The van der Waals surface area contributed by atoms with Crippen molar-refractivity contribution in [1.29, 1.82) is 0 Å². The Balaban J connectivity index is 1.51. The van der Waals surface area contributed by atoms with Gasteiger partial charge in [-0.2, -0.15) is 0 Å². The summed E-state index contributed by atoms with van der Waals surface area (Å²) in [6, 6.07) is 8.12. The summed E-state index contributed by atoms with van der Waals surface area (Å²) < 4.78 is 1.03. The molecule has 0 saturated carbocycles. The molecule has 158 valence electrons. The number of halogens is 1. The predicted octanol–water partition coefficient (Wildman–Crippen LogP) is 5.35. The molecule has 2 aromatic heterocycles. The molecule has 0 bridgehead atoms. The van der Waals surface area contributed by atoms with Crippen molar-refractivity contribution in [1.82, 2.24) is 20.2 Å². The van der Waals surface area contributed by atoms with Crippen LogP contribution in [0.3, 0.4) is 0 Å². The maximum atomic E-state index is 12.3. The molecule has 30 heavy (non-hydrogen) atoms. The molecule has 1 unspecified atom stereocenters. The predicted molar refractivity (Wildman–Crippen MR) is 127 cm³/mol. The van der Waals surface area contributed by atoms with Crippen LogP contribution in [0.5, 0.6) is 0 Å². The molecule has 0 spiro atoms. The smallest absolute Gasteiger partial charge is 0.317 e. The summed E-state index contributed by atoms with van der Waals surface area (Å²) in [6.07, 6.45) is 4.65. The van der Waals surface area contributed by atoms with Gasteiger partial charge >= 0.3 is 6.03 Å². The van der Waals surface area contributed by atoms with Crippen LogP contribution in [0.1, 0.15) is 30.7 Å². The fourth-order valence-corrected chi connectivity index (χ4v) is 5.71. The Labute approximate surface area is 189 Å². The number of thiophene rings is 1. The van der Waals surface area contributed by atoms with Gasteiger partial charge in [-0.15, -0.1) is 11.3 Å². The number of nitrogens with zero attached hydrogens (tertiary/aromatic N) is 3. The number of anilines is 2. The van der Waals surface area contributed by atoms with Crippen molar-refractivity contribution in [3.63, 3.8) is 0 Å². The molecule has 2 N–H and O–H groups in total. The van der Waals surface area contributed by atoms with E-state index in [1.165, 1.54) is 10.4 Å². The molecule has 1 aromatic carbocycles. The zero-order chi connectivity index (χ0) is 21.1. The largest absolute Gasteiger partial charge is 0.340 e. The molecular formula is C22H26BrN5OS. The van der Waals surface area contributed by atoms with Crippen LogP contribution in [0.15, 0.2) is 35.1 Å². The lowest BCUT2D eigenvalue weighted by atomic mass is 9.88. The quantitative estimate of drug-likeness (QED) is 0.491. The highest BCUT2D eigenvalue weighted by molar-refractivity contribution is 9.10.